The quantitative estimate of drug-likeness (QED) is 0.723. The molecule has 0 spiro atoms. The van der Waals surface area contributed by atoms with Crippen LogP contribution < -0.4 is 5.32 Å². The van der Waals surface area contributed by atoms with Gasteiger partial charge in [0.2, 0.25) is 0 Å². The summed E-state index contributed by atoms with van der Waals surface area (Å²) < 4.78 is 4.55. The van der Waals surface area contributed by atoms with E-state index in [4.69, 9.17) is 0 Å². The highest BCUT2D eigenvalue weighted by molar-refractivity contribution is 5.93. The number of nitrogens with one attached hydrogen (secondary N) is 1. The molecule has 0 saturated heterocycles. The number of aromatic nitrogens is 1. The second-order valence-electron chi connectivity index (χ2n) is 3.07. The largest absolute Gasteiger partial charge is 0.364 e. The van der Waals surface area contributed by atoms with E-state index >= 15 is 0 Å². The lowest BCUT2D eigenvalue weighted by molar-refractivity contribution is 0.0951. The van der Waals surface area contributed by atoms with Crippen molar-refractivity contribution in [1.29, 1.82) is 0 Å². The van der Waals surface area contributed by atoms with Gasteiger partial charge in [-0.2, -0.15) is 0 Å². The fourth-order valence-electron chi connectivity index (χ4n) is 0.978. The first-order chi connectivity index (χ1) is 5.86. The van der Waals surface area contributed by atoms with Gasteiger partial charge >= 0.3 is 0 Å². The summed E-state index contributed by atoms with van der Waals surface area (Å²) in [6.07, 6.45) is 5.25. The Morgan fingerprint density at radius 1 is 1.75 bits per heavy atom. The minimum atomic E-state index is -0.0943. The summed E-state index contributed by atoms with van der Waals surface area (Å²) in [7, 11) is 0. The molecule has 0 bridgehead atoms. The first-order valence-electron chi connectivity index (χ1n) is 4.04. The van der Waals surface area contributed by atoms with Crippen LogP contribution in [0.3, 0.4) is 0 Å². The van der Waals surface area contributed by atoms with Crippen molar-refractivity contribution in [3.05, 3.63) is 18.0 Å². The smallest absolute Gasteiger partial charge is 0.256 e. The molecule has 1 N–H and O–H groups in total. The van der Waals surface area contributed by atoms with Crippen LogP contribution in [0.1, 0.15) is 23.2 Å². The van der Waals surface area contributed by atoms with Crippen molar-refractivity contribution < 1.29 is 9.32 Å². The van der Waals surface area contributed by atoms with E-state index in [0.717, 1.165) is 6.54 Å². The molecule has 0 unspecified atom stereocenters. The maximum absolute atomic E-state index is 11.2. The van der Waals surface area contributed by atoms with Crippen LogP contribution in [0, 0.1) is 5.92 Å². The lowest BCUT2D eigenvalue weighted by atomic mass is 10.3. The van der Waals surface area contributed by atoms with E-state index in [2.05, 4.69) is 15.0 Å². The maximum Gasteiger partial charge on any atom is 0.256 e. The molecular weight excluding hydrogens is 156 g/mol. The van der Waals surface area contributed by atoms with E-state index in [1.54, 1.807) is 0 Å². The zero-order chi connectivity index (χ0) is 8.39. The average molecular weight is 166 g/mol. The van der Waals surface area contributed by atoms with Crippen LogP contribution in [-0.4, -0.2) is 17.6 Å². The summed E-state index contributed by atoms with van der Waals surface area (Å²) >= 11 is 0. The molecule has 64 valence electrons. The number of carbonyl (C=O) groups excluding carboxylic acids is 1. The number of rotatable bonds is 3. The molecule has 0 atom stereocenters. The van der Waals surface area contributed by atoms with Crippen molar-refractivity contribution in [2.45, 2.75) is 12.8 Å². The van der Waals surface area contributed by atoms with Gasteiger partial charge in [0, 0.05) is 6.54 Å². The highest BCUT2D eigenvalue weighted by atomic mass is 16.5. The van der Waals surface area contributed by atoms with Crippen molar-refractivity contribution in [2.24, 2.45) is 5.92 Å². The van der Waals surface area contributed by atoms with E-state index in [-0.39, 0.29) is 5.91 Å². The Bertz CT molecular complexity index is 265. The Hall–Kier alpha value is -1.32. The van der Waals surface area contributed by atoms with E-state index in [0.29, 0.717) is 11.5 Å². The molecule has 1 amide bonds. The summed E-state index contributed by atoms with van der Waals surface area (Å²) in [6.45, 7) is 0.782. The van der Waals surface area contributed by atoms with Crippen LogP contribution in [0.2, 0.25) is 0 Å². The van der Waals surface area contributed by atoms with Gasteiger partial charge in [-0.25, -0.2) is 0 Å². The van der Waals surface area contributed by atoms with Gasteiger partial charge in [0.15, 0.2) is 0 Å². The predicted molar refractivity (Wildman–Crippen MR) is 41.6 cm³/mol. The van der Waals surface area contributed by atoms with Crippen molar-refractivity contribution in [2.75, 3.05) is 6.54 Å². The minimum absolute atomic E-state index is 0.0943. The molecule has 1 aromatic heterocycles. The monoisotopic (exact) mass is 166 g/mol. The highest BCUT2D eigenvalue weighted by Crippen LogP contribution is 2.27. The molecule has 4 nitrogen and oxygen atoms in total. The fourth-order valence-corrected chi connectivity index (χ4v) is 0.978. The van der Waals surface area contributed by atoms with Crippen LogP contribution in [0.15, 0.2) is 17.0 Å². The lowest BCUT2D eigenvalue weighted by Crippen LogP contribution is -2.24. The van der Waals surface area contributed by atoms with Crippen molar-refractivity contribution in [3.63, 3.8) is 0 Å². The van der Waals surface area contributed by atoms with Gasteiger partial charge in [-0.15, -0.1) is 0 Å². The normalized spacial score (nSPS) is 16.0. The molecule has 1 saturated carbocycles. The van der Waals surface area contributed by atoms with Crippen LogP contribution in [0.25, 0.3) is 0 Å². The molecular formula is C8H10N2O2. The number of hydrogen-bond donors (Lipinski definition) is 1. The first kappa shape index (κ1) is 7.34. The fraction of sp³-hybridized carbons (Fsp3) is 0.500. The van der Waals surface area contributed by atoms with Gasteiger partial charge in [-0.3, -0.25) is 4.79 Å². The Kier molecular flexibility index (Phi) is 1.81. The summed E-state index contributed by atoms with van der Waals surface area (Å²) in [4.78, 5) is 11.2. The standard InChI is InChI=1S/C8H10N2O2/c11-8(7-4-10-12-5-7)9-3-6-1-2-6/h4-6H,1-3H2,(H,9,11). The number of carbonyl (C=O) groups is 1. The molecule has 1 aromatic rings. The van der Waals surface area contributed by atoms with Crippen LogP contribution in [-0.2, 0) is 0 Å². The number of nitrogens with zero attached hydrogens (tertiary/aromatic N) is 1. The molecule has 2 rings (SSSR count). The number of hydrogen-bond acceptors (Lipinski definition) is 3. The third-order valence-electron chi connectivity index (χ3n) is 1.94. The van der Waals surface area contributed by atoms with Gasteiger partial charge < -0.3 is 9.84 Å². The molecule has 4 heteroatoms. The molecule has 1 fully saturated rings. The summed E-state index contributed by atoms with van der Waals surface area (Å²) in [5, 5.41) is 6.26. The van der Waals surface area contributed by atoms with Crippen LogP contribution >= 0.6 is 0 Å². The Morgan fingerprint density at radius 3 is 3.17 bits per heavy atom. The van der Waals surface area contributed by atoms with E-state index in [1.807, 2.05) is 0 Å². The second-order valence-corrected chi connectivity index (χ2v) is 3.07. The molecule has 1 heterocycles. The van der Waals surface area contributed by atoms with Gasteiger partial charge in [-0.1, -0.05) is 5.16 Å². The van der Waals surface area contributed by atoms with Crippen molar-refractivity contribution in [1.82, 2.24) is 10.5 Å². The average Bonchev–Trinajstić information content (AvgIpc) is 2.74. The highest BCUT2D eigenvalue weighted by Gasteiger charge is 2.22. The Balaban J connectivity index is 1.83. The molecule has 1 aliphatic rings. The molecule has 12 heavy (non-hydrogen) atoms. The van der Waals surface area contributed by atoms with Crippen molar-refractivity contribution >= 4 is 5.91 Å². The number of amides is 1. The van der Waals surface area contributed by atoms with Crippen LogP contribution in [0.4, 0.5) is 0 Å². The van der Waals surface area contributed by atoms with Crippen molar-refractivity contribution in [3.8, 4) is 0 Å². The lowest BCUT2D eigenvalue weighted by Gasteiger charge is -1.99. The third kappa shape index (κ3) is 1.64. The van der Waals surface area contributed by atoms with Gasteiger partial charge in [0.05, 0.1) is 11.8 Å². The summed E-state index contributed by atoms with van der Waals surface area (Å²) in [5.41, 5.74) is 0.496. The maximum atomic E-state index is 11.2. The first-order valence-corrected chi connectivity index (χ1v) is 4.04. The SMILES string of the molecule is O=C(NCC1CC1)c1cnoc1. The summed E-state index contributed by atoms with van der Waals surface area (Å²) in [6, 6.07) is 0. The zero-order valence-electron chi connectivity index (χ0n) is 6.62. The van der Waals surface area contributed by atoms with Crippen LogP contribution in [0.5, 0.6) is 0 Å². The molecule has 0 radical (unpaired) electrons. The Morgan fingerprint density at radius 2 is 2.58 bits per heavy atom. The topological polar surface area (TPSA) is 55.1 Å². The minimum Gasteiger partial charge on any atom is -0.364 e. The molecule has 1 aliphatic carbocycles. The van der Waals surface area contributed by atoms with E-state index in [9.17, 15) is 4.79 Å². The second kappa shape index (κ2) is 2.97. The molecule has 0 aromatic carbocycles. The Labute approximate surface area is 69.9 Å². The summed E-state index contributed by atoms with van der Waals surface area (Å²) in [5.74, 6) is 0.608. The van der Waals surface area contributed by atoms with Gasteiger partial charge in [0.25, 0.3) is 5.91 Å². The molecule has 0 aliphatic heterocycles. The third-order valence-corrected chi connectivity index (χ3v) is 1.94. The van der Waals surface area contributed by atoms with Gasteiger partial charge in [-0.05, 0) is 18.8 Å². The van der Waals surface area contributed by atoms with E-state index in [1.165, 1.54) is 25.3 Å². The van der Waals surface area contributed by atoms with Gasteiger partial charge in [0.1, 0.15) is 6.26 Å². The van der Waals surface area contributed by atoms with E-state index < -0.39 is 0 Å². The predicted octanol–water partition coefficient (Wildman–Crippen LogP) is 0.814. The zero-order valence-corrected chi connectivity index (χ0v) is 6.62.